The van der Waals surface area contributed by atoms with Crippen LogP contribution in [0.2, 0.25) is 0 Å². The number of aromatic nitrogens is 2. The van der Waals surface area contributed by atoms with Crippen molar-refractivity contribution >= 4 is 5.97 Å². The van der Waals surface area contributed by atoms with E-state index in [1.807, 2.05) is 12.1 Å². The van der Waals surface area contributed by atoms with Crippen molar-refractivity contribution in [1.29, 1.82) is 0 Å². The largest absolute Gasteiger partial charge is 0.494 e. The summed E-state index contributed by atoms with van der Waals surface area (Å²) in [5, 5.41) is 3.93. The minimum absolute atomic E-state index is 0.247. The van der Waals surface area contributed by atoms with Crippen LogP contribution in [0.3, 0.4) is 0 Å². The maximum Gasteiger partial charge on any atom is 0.322 e. The Labute approximate surface area is 133 Å². The van der Waals surface area contributed by atoms with E-state index in [1.54, 1.807) is 19.2 Å². The zero-order valence-electron chi connectivity index (χ0n) is 13.3. The van der Waals surface area contributed by atoms with E-state index in [2.05, 4.69) is 9.84 Å². The number of rotatable bonds is 5. The summed E-state index contributed by atoms with van der Waals surface area (Å²) in [4.78, 5) is 23.6. The van der Waals surface area contributed by atoms with Crippen LogP contribution in [-0.2, 0) is 23.0 Å². The average molecular weight is 317 g/mol. The van der Waals surface area contributed by atoms with Crippen LogP contribution in [0.4, 0.5) is 0 Å². The summed E-state index contributed by atoms with van der Waals surface area (Å²) in [6.45, 7) is 0. The minimum Gasteiger partial charge on any atom is -0.494 e. The van der Waals surface area contributed by atoms with Crippen LogP contribution in [0, 0.1) is 0 Å². The lowest BCUT2D eigenvalue weighted by Crippen LogP contribution is -2.33. The van der Waals surface area contributed by atoms with Gasteiger partial charge in [-0.1, -0.05) is 24.3 Å². The Morgan fingerprint density at radius 1 is 1.30 bits per heavy atom. The third kappa shape index (κ3) is 3.57. The lowest BCUT2D eigenvalue weighted by atomic mass is 10.0. The van der Waals surface area contributed by atoms with Gasteiger partial charge >= 0.3 is 5.97 Å². The number of nitrogens with two attached hydrogens (primary N) is 1. The van der Waals surface area contributed by atoms with Gasteiger partial charge in [-0.15, -0.1) is 0 Å². The molecular weight excluding hydrogens is 298 g/mol. The Kier molecular flexibility index (Phi) is 5.13. The topological polar surface area (TPSA) is 96.4 Å². The van der Waals surface area contributed by atoms with Gasteiger partial charge in [0.15, 0.2) is 5.75 Å². The molecule has 1 atom stereocenters. The van der Waals surface area contributed by atoms with Gasteiger partial charge in [0.05, 0.1) is 26.0 Å². The predicted octanol–water partition coefficient (Wildman–Crippen LogP) is 0.499. The first kappa shape index (κ1) is 16.7. The minimum atomic E-state index is -0.714. The van der Waals surface area contributed by atoms with Gasteiger partial charge in [0, 0.05) is 7.05 Å². The molecule has 0 aliphatic heterocycles. The number of carbonyl (C=O) groups is 1. The molecule has 0 spiro atoms. The highest BCUT2D eigenvalue weighted by molar-refractivity contribution is 5.76. The van der Waals surface area contributed by atoms with Crippen LogP contribution in [0.15, 0.2) is 35.3 Å². The number of hydrogen-bond donors (Lipinski definition) is 1. The number of hydrogen-bond acceptors (Lipinski definition) is 6. The molecule has 0 aliphatic rings. The third-order valence-electron chi connectivity index (χ3n) is 3.52. The van der Waals surface area contributed by atoms with Crippen molar-refractivity contribution in [2.24, 2.45) is 12.8 Å². The van der Waals surface area contributed by atoms with Crippen LogP contribution < -0.4 is 16.0 Å². The van der Waals surface area contributed by atoms with E-state index in [1.165, 1.54) is 25.1 Å². The van der Waals surface area contributed by atoms with Gasteiger partial charge in [-0.3, -0.25) is 9.59 Å². The van der Waals surface area contributed by atoms with Gasteiger partial charge in [-0.05, 0) is 17.5 Å². The molecule has 7 heteroatoms. The summed E-state index contributed by atoms with van der Waals surface area (Å²) in [6, 6.07) is 6.50. The summed E-state index contributed by atoms with van der Waals surface area (Å²) in [6.07, 6.45) is 1.86. The first-order valence-electron chi connectivity index (χ1n) is 7.01. The van der Waals surface area contributed by atoms with Gasteiger partial charge in [-0.2, -0.15) is 5.10 Å². The van der Waals surface area contributed by atoms with Gasteiger partial charge in [0.25, 0.3) is 5.56 Å². The van der Waals surface area contributed by atoms with E-state index >= 15 is 0 Å². The maximum atomic E-state index is 12.3. The molecule has 0 aliphatic carbocycles. The van der Waals surface area contributed by atoms with Crippen molar-refractivity contribution in [2.45, 2.75) is 12.5 Å². The monoisotopic (exact) mass is 317 g/mol. The Morgan fingerprint density at radius 3 is 2.52 bits per heavy atom. The highest BCUT2D eigenvalue weighted by Gasteiger charge is 2.16. The van der Waals surface area contributed by atoms with Crippen molar-refractivity contribution in [1.82, 2.24) is 9.78 Å². The van der Waals surface area contributed by atoms with Gasteiger partial charge in [0.2, 0.25) is 0 Å². The van der Waals surface area contributed by atoms with E-state index in [4.69, 9.17) is 10.5 Å². The van der Waals surface area contributed by atoms with E-state index in [-0.39, 0.29) is 5.56 Å². The zero-order chi connectivity index (χ0) is 17.0. The fourth-order valence-electron chi connectivity index (χ4n) is 2.24. The number of ether oxygens (including phenoxy) is 2. The van der Waals surface area contributed by atoms with Crippen molar-refractivity contribution in [3.8, 4) is 16.9 Å². The lowest BCUT2D eigenvalue weighted by molar-refractivity contribution is -0.142. The molecule has 0 fully saturated rings. The highest BCUT2D eigenvalue weighted by atomic mass is 16.5. The molecular formula is C16H19N3O4. The van der Waals surface area contributed by atoms with Crippen molar-refractivity contribution in [3.63, 3.8) is 0 Å². The summed E-state index contributed by atoms with van der Waals surface area (Å²) in [5.74, 6) is -0.0501. The van der Waals surface area contributed by atoms with Crippen LogP contribution in [0.25, 0.3) is 11.1 Å². The smallest absolute Gasteiger partial charge is 0.322 e. The van der Waals surface area contributed by atoms with E-state index < -0.39 is 12.0 Å². The maximum absolute atomic E-state index is 12.3. The predicted molar refractivity (Wildman–Crippen MR) is 85.2 cm³/mol. The summed E-state index contributed by atoms with van der Waals surface area (Å²) in [7, 11) is 4.37. The molecule has 0 saturated carbocycles. The molecule has 0 radical (unpaired) electrons. The molecule has 1 aromatic heterocycles. The molecule has 0 amide bonds. The second-order valence-corrected chi connectivity index (χ2v) is 5.05. The number of esters is 1. The molecule has 0 unspecified atom stereocenters. The number of methoxy groups -OCH3 is 2. The second-order valence-electron chi connectivity index (χ2n) is 5.05. The molecule has 7 nitrogen and oxygen atoms in total. The Balaban J connectivity index is 2.32. The first-order valence-corrected chi connectivity index (χ1v) is 7.01. The summed E-state index contributed by atoms with van der Waals surface area (Å²) < 4.78 is 11.1. The zero-order valence-corrected chi connectivity index (χ0v) is 13.3. The van der Waals surface area contributed by atoms with Gasteiger partial charge in [0.1, 0.15) is 6.04 Å². The molecule has 23 heavy (non-hydrogen) atoms. The van der Waals surface area contributed by atoms with Crippen LogP contribution in [0.5, 0.6) is 5.75 Å². The SMILES string of the molecule is COC(=O)[C@@H](N)Cc1ccc(-c2c(OC)cnn(C)c2=O)cc1. The number of nitrogens with zero attached hydrogens (tertiary/aromatic N) is 2. The van der Waals surface area contributed by atoms with Crippen molar-refractivity contribution < 1.29 is 14.3 Å². The lowest BCUT2D eigenvalue weighted by Gasteiger charge is -2.11. The second kappa shape index (κ2) is 7.06. The van der Waals surface area contributed by atoms with Crippen molar-refractivity contribution in [3.05, 3.63) is 46.4 Å². The Morgan fingerprint density at radius 2 is 1.96 bits per heavy atom. The number of carbonyl (C=O) groups excluding carboxylic acids is 1. The van der Waals surface area contributed by atoms with E-state index in [9.17, 15) is 9.59 Å². The van der Waals surface area contributed by atoms with Gasteiger partial charge in [-0.25, -0.2) is 4.68 Å². The summed E-state index contributed by atoms with van der Waals surface area (Å²) >= 11 is 0. The summed E-state index contributed by atoms with van der Waals surface area (Å²) in [5.41, 5.74) is 7.51. The molecule has 2 N–H and O–H groups in total. The molecule has 122 valence electrons. The number of benzene rings is 1. The first-order chi connectivity index (χ1) is 11.0. The molecule has 2 aromatic rings. The Bertz CT molecular complexity index is 753. The molecule has 1 aromatic carbocycles. The average Bonchev–Trinajstić information content (AvgIpc) is 2.57. The van der Waals surface area contributed by atoms with Crippen molar-refractivity contribution in [2.75, 3.05) is 14.2 Å². The number of aryl methyl sites for hydroxylation is 1. The molecule has 0 bridgehead atoms. The fraction of sp³-hybridized carbons (Fsp3) is 0.312. The van der Waals surface area contributed by atoms with Gasteiger partial charge < -0.3 is 15.2 Å². The fourth-order valence-corrected chi connectivity index (χ4v) is 2.24. The van der Waals surface area contributed by atoms with E-state index in [0.29, 0.717) is 23.3 Å². The quantitative estimate of drug-likeness (QED) is 0.807. The van der Waals surface area contributed by atoms with Crippen LogP contribution in [-0.4, -0.2) is 36.0 Å². The van der Waals surface area contributed by atoms with E-state index in [0.717, 1.165) is 5.56 Å². The van der Waals surface area contributed by atoms with Crippen LogP contribution in [0.1, 0.15) is 5.56 Å². The van der Waals surface area contributed by atoms with Crippen LogP contribution >= 0.6 is 0 Å². The molecule has 2 rings (SSSR count). The molecule has 0 saturated heterocycles. The third-order valence-corrected chi connectivity index (χ3v) is 3.52. The standard InChI is InChI=1S/C16H19N3O4/c1-19-15(20)14(13(22-2)9-18-19)11-6-4-10(5-7-11)8-12(17)16(21)23-3/h4-7,9,12H,8,17H2,1-3H3/t12-/m0/s1. The highest BCUT2D eigenvalue weighted by Crippen LogP contribution is 2.25. The normalized spacial score (nSPS) is 11.8. The Hall–Kier alpha value is -2.67. The molecule has 1 heterocycles.